The van der Waals surface area contributed by atoms with Gasteiger partial charge in [-0.05, 0) is 75.7 Å². The highest BCUT2D eigenvalue weighted by atomic mass is 19.1. The quantitative estimate of drug-likeness (QED) is 0.571. The zero-order valence-corrected chi connectivity index (χ0v) is 19.4. The lowest BCUT2D eigenvalue weighted by molar-refractivity contribution is 0.244. The van der Waals surface area contributed by atoms with Crippen molar-refractivity contribution in [3.63, 3.8) is 0 Å². The number of likely N-dealkylation sites (tertiary alicyclic amines) is 1. The number of halogens is 1. The van der Waals surface area contributed by atoms with Crippen LogP contribution in [-0.4, -0.2) is 47.7 Å². The van der Waals surface area contributed by atoms with Crippen molar-refractivity contribution in [2.45, 2.75) is 51.6 Å². The van der Waals surface area contributed by atoms with E-state index in [0.29, 0.717) is 49.3 Å². The van der Waals surface area contributed by atoms with E-state index in [-0.39, 0.29) is 11.4 Å². The number of aryl methyl sites for hydroxylation is 1. The number of nitrogens with zero attached hydrogens (tertiary/aromatic N) is 3. The Balaban J connectivity index is 1.33. The summed E-state index contributed by atoms with van der Waals surface area (Å²) in [6.45, 7) is 4.71. The number of H-pyrrole nitrogens is 1. The average Bonchev–Trinajstić information content (AvgIpc) is 3.23. The van der Waals surface area contributed by atoms with Crippen molar-refractivity contribution < 1.29 is 9.13 Å². The number of aromatic amines is 1. The number of rotatable bonds is 6. The fraction of sp³-hybridized carbons (Fsp3) is 0.462. The molecule has 2 aromatic carbocycles. The first-order chi connectivity index (χ1) is 16.0. The van der Waals surface area contributed by atoms with E-state index in [0.717, 1.165) is 35.0 Å². The molecule has 1 aromatic heterocycles. The molecule has 1 fully saturated rings. The topological polar surface area (TPSA) is 61.5 Å². The van der Waals surface area contributed by atoms with Crippen molar-refractivity contribution in [1.82, 2.24) is 14.9 Å². The number of fused-ring (bicyclic) bond motifs is 2. The maximum atomic E-state index is 14.3. The zero-order chi connectivity index (χ0) is 22.9. The minimum Gasteiger partial charge on any atom is -0.465 e. The smallest absolute Gasteiger partial charge is 0.296 e. The lowest BCUT2D eigenvalue weighted by atomic mass is 10.00. The third-order valence-electron chi connectivity index (χ3n) is 7.20. The lowest BCUT2D eigenvalue weighted by Crippen LogP contribution is -2.35. The van der Waals surface area contributed by atoms with Crippen molar-refractivity contribution in [2.75, 3.05) is 31.6 Å². The first-order valence-electron chi connectivity index (χ1n) is 11.9. The third kappa shape index (κ3) is 4.34. The molecule has 0 saturated carbocycles. The van der Waals surface area contributed by atoms with Gasteiger partial charge in [0, 0.05) is 29.2 Å². The van der Waals surface area contributed by atoms with Gasteiger partial charge in [-0.15, -0.1) is 0 Å². The van der Waals surface area contributed by atoms with Gasteiger partial charge < -0.3 is 14.5 Å². The first kappa shape index (κ1) is 21.9. The van der Waals surface area contributed by atoms with Crippen LogP contribution >= 0.6 is 0 Å². The van der Waals surface area contributed by atoms with Gasteiger partial charge in [-0.1, -0.05) is 18.2 Å². The number of anilines is 1. The van der Waals surface area contributed by atoms with Crippen LogP contribution in [0, 0.1) is 12.7 Å². The van der Waals surface area contributed by atoms with Gasteiger partial charge >= 0.3 is 0 Å². The number of aromatic nitrogens is 2. The molecule has 1 saturated heterocycles. The van der Waals surface area contributed by atoms with Crippen LogP contribution in [0.1, 0.15) is 42.5 Å². The highest BCUT2D eigenvalue weighted by molar-refractivity contribution is 5.97. The summed E-state index contributed by atoms with van der Waals surface area (Å²) in [5.41, 5.74) is 2.95. The Hall–Kier alpha value is -2.93. The van der Waals surface area contributed by atoms with Gasteiger partial charge in [0.1, 0.15) is 5.82 Å². The summed E-state index contributed by atoms with van der Waals surface area (Å²) < 4.78 is 20.2. The minimum absolute atomic E-state index is 0.120. The number of ether oxygens (including phenoxy) is 1. The number of benzene rings is 2. The van der Waals surface area contributed by atoms with Crippen molar-refractivity contribution in [2.24, 2.45) is 0 Å². The standard InChI is InChI=1S/C26H31FN4O2/c1-17-21(27)11-10-18-6-3-9-23(24(17)18)31-14-12-20-22(16-31)28-26(29-25(20)32)33-15-5-8-19-7-4-13-30(19)2/h3,6,9-11,19H,4-5,7-8,12-16H2,1-2H3,(H,28,29,32). The summed E-state index contributed by atoms with van der Waals surface area (Å²) in [5, 5.41) is 1.92. The molecule has 0 bridgehead atoms. The maximum absolute atomic E-state index is 14.3. The van der Waals surface area contributed by atoms with Gasteiger partial charge in [0.25, 0.3) is 11.6 Å². The fourth-order valence-corrected chi connectivity index (χ4v) is 5.30. The predicted octanol–water partition coefficient (Wildman–Crippen LogP) is 4.19. The maximum Gasteiger partial charge on any atom is 0.296 e. The van der Waals surface area contributed by atoms with Gasteiger partial charge in [0.15, 0.2) is 0 Å². The normalized spacial score (nSPS) is 18.6. The summed E-state index contributed by atoms with van der Waals surface area (Å²) in [6, 6.07) is 10.3. The van der Waals surface area contributed by atoms with E-state index in [1.807, 2.05) is 31.2 Å². The fourth-order valence-electron chi connectivity index (χ4n) is 5.30. The molecule has 2 aliphatic rings. The Kier molecular flexibility index (Phi) is 6.06. The molecule has 174 valence electrons. The van der Waals surface area contributed by atoms with E-state index in [4.69, 9.17) is 4.74 Å². The van der Waals surface area contributed by atoms with Crippen molar-refractivity contribution >= 4 is 16.5 Å². The van der Waals surface area contributed by atoms with Gasteiger partial charge in [-0.3, -0.25) is 9.78 Å². The second-order valence-electron chi connectivity index (χ2n) is 9.28. The summed E-state index contributed by atoms with van der Waals surface area (Å²) in [7, 11) is 2.18. The Morgan fingerprint density at radius 1 is 1.24 bits per heavy atom. The van der Waals surface area contributed by atoms with Gasteiger partial charge in [-0.25, -0.2) is 4.39 Å². The van der Waals surface area contributed by atoms with E-state index >= 15 is 0 Å². The van der Waals surface area contributed by atoms with Crippen LogP contribution in [0.5, 0.6) is 6.01 Å². The van der Waals surface area contributed by atoms with Crippen LogP contribution in [0.25, 0.3) is 10.8 Å². The largest absolute Gasteiger partial charge is 0.465 e. The first-order valence-corrected chi connectivity index (χ1v) is 11.9. The molecule has 1 N–H and O–H groups in total. The van der Waals surface area contributed by atoms with E-state index in [2.05, 4.69) is 26.8 Å². The number of hydrogen-bond acceptors (Lipinski definition) is 5. The molecule has 2 aliphatic heterocycles. The summed E-state index contributed by atoms with van der Waals surface area (Å²) in [4.78, 5) is 24.7. The second-order valence-corrected chi connectivity index (χ2v) is 9.28. The third-order valence-corrected chi connectivity index (χ3v) is 7.20. The minimum atomic E-state index is -0.207. The van der Waals surface area contributed by atoms with Crippen LogP contribution < -0.4 is 15.2 Å². The molecule has 0 amide bonds. The highest BCUT2D eigenvalue weighted by Crippen LogP contribution is 2.33. The number of nitrogens with one attached hydrogen (secondary N) is 1. The highest BCUT2D eigenvalue weighted by Gasteiger charge is 2.24. The molecular formula is C26H31FN4O2. The second kappa shape index (κ2) is 9.14. The molecule has 5 rings (SSSR count). The van der Waals surface area contributed by atoms with E-state index in [9.17, 15) is 9.18 Å². The molecule has 0 radical (unpaired) electrons. The zero-order valence-electron chi connectivity index (χ0n) is 19.4. The molecule has 3 aromatic rings. The van der Waals surface area contributed by atoms with E-state index < -0.39 is 0 Å². The predicted molar refractivity (Wildman–Crippen MR) is 129 cm³/mol. The molecule has 1 atom stereocenters. The SMILES string of the molecule is Cc1c(F)ccc2cccc(N3CCc4c(nc(OCCCC5CCCN5C)[nH]c4=O)C3)c12. The van der Waals surface area contributed by atoms with E-state index in [1.165, 1.54) is 25.5 Å². The Labute approximate surface area is 193 Å². The molecule has 6 nitrogen and oxygen atoms in total. The van der Waals surface area contributed by atoms with Gasteiger partial charge in [-0.2, -0.15) is 4.98 Å². The summed E-state index contributed by atoms with van der Waals surface area (Å²) in [6.07, 6.45) is 5.13. The van der Waals surface area contributed by atoms with Crippen molar-refractivity contribution in [3.05, 3.63) is 63.3 Å². The van der Waals surface area contributed by atoms with Crippen LogP contribution in [-0.2, 0) is 13.0 Å². The van der Waals surface area contributed by atoms with E-state index in [1.54, 1.807) is 0 Å². The van der Waals surface area contributed by atoms with Crippen LogP contribution in [0.3, 0.4) is 0 Å². The molecular weight excluding hydrogens is 419 g/mol. The van der Waals surface area contributed by atoms with Gasteiger partial charge in [0.2, 0.25) is 0 Å². The van der Waals surface area contributed by atoms with Crippen LogP contribution in [0.4, 0.5) is 10.1 Å². The molecule has 0 aliphatic carbocycles. The van der Waals surface area contributed by atoms with Crippen molar-refractivity contribution in [1.29, 1.82) is 0 Å². The molecule has 0 spiro atoms. The number of hydrogen-bond donors (Lipinski definition) is 1. The lowest BCUT2D eigenvalue weighted by Gasteiger charge is -2.31. The molecule has 3 heterocycles. The summed E-state index contributed by atoms with van der Waals surface area (Å²) >= 11 is 0. The molecule has 7 heteroatoms. The average molecular weight is 451 g/mol. The Bertz CT molecular complexity index is 1220. The monoisotopic (exact) mass is 450 g/mol. The van der Waals surface area contributed by atoms with Crippen LogP contribution in [0.15, 0.2) is 35.1 Å². The van der Waals surface area contributed by atoms with Crippen LogP contribution in [0.2, 0.25) is 0 Å². The van der Waals surface area contributed by atoms with Crippen molar-refractivity contribution in [3.8, 4) is 6.01 Å². The Morgan fingerprint density at radius 3 is 2.94 bits per heavy atom. The Morgan fingerprint density at radius 2 is 2.12 bits per heavy atom. The van der Waals surface area contributed by atoms with Gasteiger partial charge in [0.05, 0.1) is 18.8 Å². The summed E-state index contributed by atoms with van der Waals surface area (Å²) in [5.74, 6) is -0.207. The molecule has 33 heavy (non-hydrogen) atoms. The molecule has 1 unspecified atom stereocenters.